The molecule has 0 aromatic heterocycles. The zero-order valence-electron chi connectivity index (χ0n) is 9.59. The first kappa shape index (κ1) is 12.8. The smallest absolute Gasteiger partial charge is 0.124 e. The van der Waals surface area contributed by atoms with E-state index in [2.05, 4.69) is 0 Å². The van der Waals surface area contributed by atoms with Crippen molar-refractivity contribution in [1.82, 2.24) is 0 Å². The van der Waals surface area contributed by atoms with Crippen molar-refractivity contribution in [2.75, 3.05) is 19.8 Å². The van der Waals surface area contributed by atoms with Gasteiger partial charge in [0.1, 0.15) is 5.82 Å². The fraction of sp³-hybridized carbons (Fsp3) is 0.538. The van der Waals surface area contributed by atoms with Gasteiger partial charge in [0.15, 0.2) is 0 Å². The predicted octanol–water partition coefficient (Wildman–Crippen LogP) is 2.81. The van der Waals surface area contributed by atoms with E-state index in [1.54, 1.807) is 6.07 Å². The molecular formula is C13H16ClFO2. The van der Waals surface area contributed by atoms with Gasteiger partial charge in [0.25, 0.3) is 0 Å². The molecular weight excluding hydrogens is 243 g/mol. The minimum Gasteiger partial charge on any atom is -0.396 e. The van der Waals surface area contributed by atoms with Gasteiger partial charge < -0.3 is 9.84 Å². The van der Waals surface area contributed by atoms with E-state index >= 15 is 0 Å². The number of aliphatic hydroxyl groups is 1. The predicted molar refractivity (Wildman–Crippen MR) is 64.7 cm³/mol. The molecule has 2 rings (SSSR count). The number of hydrogen-bond donors (Lipinski definition) is 1. The second-order valence-corrected chi connectivity index (χ2v) is 5.09. The lowest BCUT2D eigenvalue weighted by Crippen LogP contribution is -2.35. The van der Waals surface area contributed by atoms with Crippen molar-refractivity contribution in [1.29, 1.82) is 0 Å². The first-order valence-corrected chi connectivity index (χ1v) is 6.16. The van der Waals surface area contributed by atoms with Crippen LogP contribution in [-0.4, -0.2) is 24.9 Å². The summed E-state index contributed by atoms with van der Waals surface area (Å²) in [5.41, 5.74) is 0.726. The first-order chi connectivity index (χ1) is 8.15. The van der Waals surface area contributed by atoms with E-state index in [0.29, 0.717) is 24.7 Å². The average molecular weight is 259 g/mol. The lowest BCUT2D eigenvalue weighted by Gasteiger charge is -2.35. The second-order valence-electron chi connectivity index (χ2n) is 4.68. The molecule has 1 heterocycles. The molecule has 2 nitrogen and oxygen atoms in total. The molecule has 1 fully saturated rings. The molecule has 0 bridgehead atoms. The van der Waals surface area contributed by atoms with Crippen LogP contribution in [0.1, 0.15) is 18.4 Å². The highest BCUT2D eigenvalue weighted by Crippen LogP contribution is 2.35. The van der Waals surface area contributed by atoms with Crippen LogP contribution < -0.4 is 0 Å². The molecule has 0 saturated carbocycles. The van der Waals surface area contributed by atoms with Crippen LogP contribution in [-0.2, 0) is 11.2 Å². The maximum atomic E-state index is 12.9. The summed E-state index contributed by atoms with van der Waals surface area (Å²) in [5, 5.41) is 10.0. The van der Waals surface area contributed by atoms with Crippen LogP contribution in [0.15, 0.2) is 18.2 Å². The quantitative estimate of drug-likeness (QED) is 0.903. The molecule has 1 aliphatic heterocycles. The van der Waals surface area contributed by atoms with Gasteiger partial charge in [-0.3, -0.25) is 0 Å². The molecule has 1 aromatic rings. The molecule has 94 valence electrons. The van der Waals surface area contributed by atoms with Crippen LogP contribution in [0, 0.1) is 11.2 Å². The minimum absolute atomic E-state index is 0.115. The maximum absolute atomic E-state index is 12.9. The number of hydrogen-bond acceptors (Lipinski definition) is 2. The zero-order chi connectivity index (χ0) is 12.3. The molecule has 0 amide bonds. The Morgan fingerprint density at radius 3 is 2.65 bits per heavy atom. The highest BCUT2D eigenvalue weighted by Gasteiger charge is 2.32. The van der Waals surface area contributed by atoms with E-state index in [9.17, 15) is 9.50 Å². The third-order valence-electron chi connectivity index (χ3n) is 3.47. The second kappa shape index (κ2) is 5.34. The Morgan fingerprint density at radius 2 is 2.06 bits per heavy atom. The average Bonchev–Trinajstić information content (AvgIpc) is 2.34. The fourth-order valence-corrected chi connectivity index (χ4v) is 2.50. The molecule has 1 aliphatic rings. The van der Waals surface area contributed by atoms with Crippen molar-refractivity contribution >= 4 is 11.6 Å². The lowest BCUT2D eigenvalue weighted by atomic mass is 9.76. The van der Waals surface area contributed by atoms with Crippen LogP contribution in [0.3, 0.4) is 0 Å². The monoisotopic (exact) mass is 258 g/mol. The third kappa shape index (κ3) is 2.97. The summed E-state index contributed by atoms with van der Waals surface area (Å²) in [6.45, 7) is 1.45. The number of halogens is 2. The summed E-state index contributed by atoms with van der Waals surface area (Å²) in [6.07, 6.45) is 2.31. The van der Waals surface area contributed by atoms with Crippen molar-refractivity contribution in [3.63, 3.8) is 0 Å². The topological polar surface area (TPSA) is 29.5 Å². The molecule has 0 unspecified atom stereocenters. The van der Waals surface area contributed by atoms with Crippen LogP contribution in [0.4, 0.5) is 4.39 Å². The van der Waals surface area contributed by atoms with E-state index in [1.807, 2.05) is 0 Å². The number of rotatable bonds is 3. The summed E-state index contributed by atoms with van der Waals surface area (Å²) < 4.78 is 18.3. The SMILES string of the molecule is OCC1(Cc2ccc(F)cc2Cl)CCOCC1. The van der Waals surface area contributed by atoms with Gasteiger partial charge in [-0.2, -0.15) is 0 Å². The van der Waals surface area contributed by atoms with Crippen molar-refractivity contribution < 1.29 is 14.2 Å². The van der Waals surface area contributed by atoms with E-state index in [1.165, 1.54) is 12.1 Å². The summed E-state index contributed by atoms with van der Waals surface area (Å²) in [4.78, 5) is 0. The summed E-state index contributed by atoms with van der Waals surface area (Å²) in [7, 11) is 0. The molecule has 0 radical (unpaired) electrons. The number of ether oxygens (including phenoxy) is 1. The van der Waals surface area contributed by atoms with Gasteiger partial charge in [-0.15, -0.1) is 0 Å². The molecule has 0 atom stereocenters. The van der Waals surface area contributed by atoms with E-state index in [4.69, 9.17) is 16.3 Å². The van der Waals surface area contributed by atoms with Crippen molar-refractivity contribution in [3.8, 4) is 0 Å². The van der Waals surface area contributed by atoms with Gasteiger partial charge in [-0.25, -0.2) is 4.39 Å². The Morgan fingerprint density at radius 1 is 1.35 bits per heavy atom. The third-order valence-corrected chi connectivity index (χ3v) is 3.82. The summed E-state index contributed by atoms with van der Waals surface area (Å²) in [6, 6.07) is 4.43. The Hall–Kier alpha value is -0.640. The Bertz CT molecular complexity index is 389. The Labute approximate surface area is 105 Å². The summed E-state index contributed by atoms with van der Waals surface area (Å²) in [5.74, 6) is -0.330. The molecule has 1 aromatic carbocycles. The normalized spacial score (nSPS) is 19.2. The number of benzene rings is 1. The van der Waals surface area contributed by atoms with Gasteiger partial charge in [0.05, 0.1) is 0 Å². The molecule has 4 heteroatoms. The zero-order valence-corrected chi connectivity index (χ0v) is 10.3. The van der Waals surface area contributed by atoms with Crippen LogP contribution in [0.5, 0.6) is 0 Å². The van der Waals surface area contributed by atoms with Gasteiger partial charge in [-0.05, 0) is 37.0 Å². The highest BCUT2D eigenvalue weighted by atomic mass is 35.5. The molecule has 0 spiro atoms. The van der Waals surface area contributed by atoms with Crippen LogP contribution in [0.25, 0.3) is 0 Å². The highest BCUT2D eigenvalue weighted by molar-refractivity contribution is 6.31. The largest absolute Gasteiger partial charge is 0.396 e. The van der Waals surface area contributed by atoms with Crippen molar-refractivity contribution in [2.45, 2.75) is 19.3 Å². The van der Waals surface area contributed by atoms with Gasteiger partial charge in [-0.1, -0.05) is 17.7 Å². The lowest BCUT2D eigenvalue weighted by molar-refractivity contribution is -0.0157. The first-order valence-electron chi connectivity index (χ1n) is 5.78. The van der Waals surface area contributed by atoms with Crippen molar-refractivity contribution in [3.05, 3.63) is 34.6 Å². The van der Waals surface area contributed by atoms with E-state index < -0.39 is 0 Å². The van der Waals surface area contributed by atoms with Gasteiger partial charge in [0, 0.05) is 30.3 Å². The summed E-state index contributed by atoms with van der Waals surface area (Å²) >= 11 is 6.01. The standard InChI is InChI=1S/C13H16ClFO2/c14-12-7-11(15)2-1-10(12)8-13(9-16)3-5-17-6-4-13/h1-2,7,16H,3-6,8-9H2. The maximum Gasteiger partial charge on any atom is 0.124 e. The number of aliphatic hydroxyl groups excluding tert-OH is 1. The Kier molecular flexibility index (Phi) is 4.02. The van der Waals surface area contributed by atoms with E-state index in [0.717, 1.165) is 18.4 Å². The molecule has 1 N–H and O–H groups in total. The van der Waals surface area contributed by atoms with E-state index in [-0.39, 0.29) is 17.8 Å². The van der Waals surface area contributed by atoms with Gasteiger partial charge in [0.2, 0.25) is 0 Å². The van der Waals surface area contributed by atoms with Gasteiger partial charge >= 0.3 is 0 Å². The molecule has 0 aliphatic carbocycles. The molecule has 1 saturated heterocycles. The Balaban J connectivity index is 2.17. The van der Waals surface area contributed by atoms with Crippen molar-refractivity contribution in [2.24, 2.45) is 5.41 Å². The minimum atomic E-state index is -0.330. The molecule has 17 heavy (non-hydrogen) atoms. The van der Waals surface area contributed by atoms with Crippen LogP contribution in [0.2, 0.25) is 5.02 Å². The fourth-order valence-electron chi connectivity index (χ4n) is 2.26. The van der Waals surface area contributed by atoms with Crippen LogP contribution >= 0.6 is 11.6 Å².